The maximum absolute atomic E-state index is 13.1. The first-order valence-corrected chi connectivity index (χ1v) is 6.01. The summed E-state index contributed by atoms with van der Waals surface area (Å²) in [6.07, 6.45) is 0.887. The van der Waals surface area contributed by atoms with Crippen LogP contribution in [0.25, 0.3) is 0 Å². The van der Waals surface area contributed by atoms with Crippen molar-refractivity contribution in [2.24, 2.45) is 0 Å². The van der Waals surface area contributed by atoms with E-state index in [1.54, 1.807) is 7.05 Å². The van der Waals surface area contributed by atoms with Gasteiger partial charge in [-0.2, -0.15) is 0 Å². The normalized spacial score (nSPS) is 18.9. The van der Waals surface area contributed by atoms with Gasteiger partial charge in [-0.05, 0) is 6.07 Å². The van der Waals surface area contributed by atoms with Crippen LogP contribution >= 0.6 is 0 Å². The van der Waals surface area contributed by atoms with Crippen molar-refractivity contribution in [2.75, 3.05) is 38.7 Å². The van der Waals surface area contributed by atoms with Crippen molar-refractivity contribution in [3.05, 3.63) is 23.6 Å². The van der Waals surface area contributed by atoms with E-state index < -0.39 is 11.7 Å². The van der Waals surface area contributed by atoms with Crippen LogP contribution in [0.5, 0.6) is 0 Å². The van der Waals surface area contributed by atoms with Gasteiger partial charge in [0.15, 0.2) is 0 Å². The maximum Gasteiger partial charge on any atom is 0.255 e. The molecule has 0 spiro atoms. The second kappa shape index (κ2) is 6.44. The molecule has 6 nitrogen and oxygen atoms in total. The number of hydrogen-bond acceptors (Lipinski definition) is 5. The zero-order chi connectivity index (χ0) is 13.7. The van der Waals surface area contributed by atoms with Crippen molar-refractivity contribution in [1.82, 2.24) is 10.3 Å². The van der Waals surface area contributed by atoms with Crippen LogP contribution in [-0.2, 0) is 9.47 Å². The van der Waals surface area contributed by atoms with Crippen molar-refractivity contribution in [1.29, 1.82) is 0 Å². The van der Waals surface area contributed by atoms with E-state index in [1.165, 1.54) is 0 Å². The van der Waals surface area contributed by atoms with Gasteiger partial charge in [-0.25, -0.2) is 9.37 Å². The second-order valence-electron chi connectivity index (χ2n) is 4.08. The average molecular weight is 269 g/mol. The number of carbonyl (C=O) groups is 1. The number of nitrogens with zero attached hydrogens (tertiary/aromatic N) is 1. The van der Waals surface area contributed by atoms with Crippen LogP contribution in [0.15, 0.2) is 12.3 Å². The molecule has 1 fully saturated rings. The molecule has 104 valence electrons. The number of carbonyl (C=O) groups excluding carboxylic acids is 1. The van der Waals surface area contributed by atoms with Crippen LogP contribution in [0.3, 0.4) is 0 Å². The fourth-order valence-corrected chi connectivity index (χ4v) is 1.77. The van der Waals surface area contributed by atoms with Crippen molar-refractivity contribution in [3.63, 3.8) is 0 Å². The quantitative estimate of drug-likeness (QED) is 0.828. The SMILES string of the molecule is CNc1ncc(F)cc1C(=O)NCC1COCCO1. The lowest BCUT2D eigenvalue weighted by atomic mass is 10.2. The average Bonchev–Trinajstić information content (AvgIpc) is 2.46. The smallest absolute Gasteiger partial charge is 0.255 e. The number of anilines is 1. The van der Waals surface area contributed by atoms with Gasteiger partial charge in [0.05, 0.1) is 37.7 Å². The summed E-state index contributed by atoms with van der Waals surface area (Å²) in [5.74, 6) is -0.619. The summed E-state index contributed by atoms with van der Waals surface area (Å²) in [6, 6.07) is 1.15. The number of halogens is 1. The van der Waals surface area contributed by atoms with E-state index in [2.05, 4.69) is 15.6 Å². The molecule has 2 N–H and O–H groups in total. The molecule has 1 aliphatic rings. The summed E-state index contributed by atoms with van der Waals surface area (Å²) >= 11 is 0. The van der Waals surface area contributed by atoms with Gasteiger partial charge >= 0.3 is 0 Å². The molecule has 1 amide bonds. The molecule has 0 radical (unpaired) electrons. The second-order valence-corrected chi connectivity index (χ2v) is 4.08. The summed E-state index contributed by atoms with van der Waals surface area (Å²) in [6.45, 7) is 1.85. The monoisotopic (exact) mass is 269 g/mol. The van der Waals surface area contributed by atoms with Gasteiger partial charge in [0.1, 0.15) is 11.6 Å². The molecule has 2 rings (SSSR count). The Kier molecular flexibility index (Phi) is 4.64. The first-order chi connectivity index (χ1) is 9.20. The molecule has 2 heterocycles. The molecule has 0 bridgehead atoms. The number of aromatic nitrogens is 1. The first kappa shape index (κ1) is 13.7. The minimum Gasteiger partial charge on any atom is -0.376 e. The molecule has 1 saturated heterocycles. The van der Waals surface area contributed by atoms with Crippen molar-refractivity contribution in [3.8, 4) is 0 Å². The number of pyridine rings is 1. The van der Waals surface area contributed by atoms with Gasteiger partial charge in [-0.3, -0.25) is 4.79 Å². The topological polar surface area (TPSA) is 72.5 Å². The molecule has 0 aliphatic carbocycles. The van der Waals surface area contributed by atoms with E-state index in [0.717, 1.165) is 12.3 Å². The third kappa shape index (κ3) is 3.62. The fourth-order valence-electron chi connectivity index (χ4n) is 1.77. The standard InChI is InChI=1S/C12H16FN3O3/c1-14-11-10(4-8(13)5-15-11)12(17)16-6-9-7-18-2-3-19-9/h4-5,9H,2-3,6-7H2,1H3,(H,14,15)(H,16,17). The Balaban J connectivity index is 1.97. The van der Waals surface area contributed by atoms with Crippen LogP contribution in [0.2, 0.25) is 0 Å². The number of nitrogens with one attached hydrogen (secondary N) is 2. The Bertz CT molecular complexity index is 450. The van der Waals surface area contributed by atoms with Gasteiger partial charge in [0, 0.05) is 13.6 Å². The number of rotatable bonds is 4. The van der Waals surface area contributed by atoms with Crippen molar-refractivity contribution in [2.45, 2.75) is 6.10 Å². The lowest BCUT2D eigenvalue weighted by Crippen LogP contribution is -2.39. The summed E-state index contributed by atoms with van der Waals surface area (Å²) in [4.78, 5) is 15.8. The Hall–Kier alpha value is -1.73. The Morgan fingerprint density at radius 1 is 1.58 bits per heavy atom. The van der Waals surface area contributed by atoms with Crippen LogP contribution in [-0.4, -0.2) is 50.4 Å². The predicted molar refractivity (Wildman–Crippen MR) is 66.6 cm³/mol. The van der Waals surface area contributed by atoms with Crippen molar-refractivity contribution >= 4 is 11.7 Å². The largest absolute Gasteiger partial charge is 0.376 e. The highest BCUT2D eigenvalue weighted by atomic mass is 19.1. The zero-order valence-corrected chi connectivity index (χ0v) is 10.6. The van der Waals surface area contributed by atoms with E-state index in [4.69, 9.17) is 9.47 Å². The van der Waals surface area contributed by atoms with Gasteiger partial charge in [-0.1, -0.05) is 0 Å². The fraction of sp³-hybridized carbons (Fsp3) is 0.500. The molecule has 0 aromatic carbocycles. The Morgan fingerprint density at radius 2 is 2.42 bits per heavy atom. The van der Waals surface area contributed by atoms with E-state index >= 15 is 0 Å². The third-order valence-corrected chi connectivity index (χ3v) is 2.71. The highest BCUT2D eigenvalue weighted by Crippen LogP contribution is 2.12. The van der Waals surface area contributed by atoms with Crippen LogP contribution in [0, 0.1) is 5.82 Å². The Labute approximate surface area is 110 Å². The molecule has 1 aliphatic heterocycles. The Morgan fingerprint density at radius 3 is 3.11 bits per heavy atom. The molecule has 1 aromatic rings. The molecule has 1 unspecified atom stereocenters. The lowest BCUT2D eigenvalue weighted by molar-refractivity contribution is -0.0855. The van der Waals surface area contributed by atoms with Gasteiger partial charge in [-0.15, -0.1) is 0 Å². The molecular formula is C12H16FN3O3. The summed E-state index contributed by atoms with van der Waals surface area (Å²) < 4.78 is 23.7. The van der Waals surface area contributed by atoms with Gasteiger partial charge < -0.3 is 20.1 Å². The molecule has 1 aromatic heterocycles. The zero-order valence-electron chi connectivity index (χ0n) is 10.6. The highest BCUT2D eigenvalue weighted by molar-refractivity contribution is 5.98. The number of amides is 1. The minimum atomic E-state index is -0.554. The number of ether oxygens (including phenoxy) is 2. The first-order valence-electron chi connectivity index (χ1n) is 6.01. The maximum atomic E-state index is 13.1. The summed E-state index contributed by atoms with van der Waals surface area (Å²) in [5, 5.41) is 5.43. The lowest BCUT2D eigenvalue weighted by Gasteiger charge is -2.23. The van der Waals surface area contributed by atoms with Crippen LogP contribution < -0.4 is 10.6 Å². The summed E-state index contributed by atoms with van der Waals surface area (Å²) in [5.41, 5.74) is 0.166. The minimum absolute atomic E-state index is 0.166. The van der Waals surface area contributed by atoms with E-state index in [-0.39, 0.29) is 11.7 Å². The van der Waals surface area contributed by atoms with Crippen LogP contribution in [0.1, 0.15) is 10.4 Å². The van der Waals surface area contributed by atoms with Crippen LogP contribution in [0.4, 0.5) is 10.2 Å². The number of hydrogen-bond donors (Lipinski definition) is 2. The van der Waals surface area contributed by atoms with Gasteiger partial charge in [0.25, 0.3) is 5.91 Å². The molecule has 0 saturated carbocycles. The van der Waals surface area contributed by atoms with Crippen molar-refractivity contribution < 1.29 is 18.7 Å². The van der Waals surface area contributed by atoms with E-state index in [9.17, 15) is 9.18 Å². The third-order valence-electron chi connectivity index (χ3n) is 2.71. The molecule has 19 heavy (non-hydrogen) atoms. The highest BCUT2D eigenvalue weighted by Gasteiger charge is 2.18. The van der Waals surface area contributed by atoms with Gasteiger partial charge in [0.2, 0.25) is 0 Å². The molecule has 1 atom stereocenters. The predicted octanol–water partition coefficient (Wildman–Crippen LogP) is 0.408. The molecule has 7 heteroatoms. The summed E-state index contributed by atoms with van der Waals surface area (Å²) in [7, 11) is 1.62. The van der Waals surface area contributed by atoms with E-state index in [0.29, 0.717) is 32.2 Å². The molecular weight excluding hydrogens is 253 g/mol. The van der Waals surface area contributed by atoms with E-state index in [1.807, 2.05) is 0 Å².